The van der Waals surface area contributed by atoms with Crippen LogP contribution in [0.4, 0.5) is 6.01 Å². The van der Waals surface area contributed by atoms with Crippen LogP contribution in [0.3, 0.4) is 0 Å². The molecule has 0 spiro atoms. The lowest BCUT2D eigenvalue weighted by Crippen LogP contribution is -2.35. The average Bonchev–Trinajstić information content (AvgIpc) is 1.16. The monoisotopic (exact) mass is 1730 g/mol. The number of aryl methyl sites for hydroxylation is 7. The maximum atomic E-state index is 11.9. The van der Waals surface area contributed by atoms with Crippen LogP contribution in [0.5, 0.6) is 34.5 Å². The predicted molar refractivity (Wildman–Crippen MR) is 462 cm³/mol. The number of carbonyl (C=O) groups is 5. The SMILES string of the molecule is C.C.CCOC(=O)CCc1ccc(O)cc1.COc1ccc(CCC(=O)O)cc1.NNC(=O)CCc1ccc(O)cc1.O=C(CCc1ccc(O)cc1)NCC(=S)NCc1ccc(Cl)c(Cl)c1.O=C(O)CCc1ccc(O)cc1.Oc1ccc(CCc2nnc(NCc3ccc(Cl)c(Cl)c3)o2)cc1.S=C=NCc1ccc(Cl)c(Cl)c1. The van der Waals surface area contributed by atoms with Gasteiger partial charge in [-0.3, -0.25) is 29.4 Å². The number of carboxylic acid groups (broad SMARTS) is 2. The number of carbonyl (C=O) groups excluding carboxylic acids is 3. The molecular weight excluding hydrogens is 1640 g/mol. The Bertz CT molecular complexity index is 4610. The Morgan fingerprint density at radius 3 is 1.20 bits per heavy atom. The summed E-state index contributed by atoms with van der Waals surface area (Å²) in [4.78, 5) is 58.4. The van der Waals surface area contributed by atoms with Crippen molar-refractivity contribution in [1.29, 1.82) is 0 Å². The molecule has 31 heteroatoms. The summed E-state index contributed by atoms with van der Waals surface area (Å²) in [5, 5.41) is 84.5. The van der Waals surface area contributed by atoms with E-state index in [1.165, 1.54) is 0 Å². The number of halogens is 6. The zero-order chi connectivity index (χ0) is 82.9. The zero-order valence-electron chi connectivity index (χ0n) is 61.5. The van der Waals surface area contributed by atoms with Crippen LogP contribution in [0.2, 0.25) is 30.1 Å². The number of phenolic OH excluding ortho intramolecular Hbond substituents is 5. The summed E-state index contributed by atoms with van der Waals surface area (Å²) >= 11 is 44.8. The van der Waals surface area contributed by atoms with E-state index in [-0.39, 0.29) is 80.8 Å². The Kier molecular flexibility index (Phi) is 50.3. The Labute approximate surface area is 710 Å². The fourth-order valence-corrected chi connectivity index (χ4v) is 10.3. The molecule has 10 aromatic rings. The molecule has 1 heterocycles. The van der Waals surface area contributed by atoms with Crippen molar-refractivity contribution in [3.63, 3.8) is 0 Å². The normalized spacial score (nSPS) is 9.82. The first-order valence-corrected chi connectivity index (χ1v) is 37.8. The van der Waals surface area contributed by atoms with Gasteiger partial charge in [-0.2, -0.15) is 0 Å². The van der Waals surface area contributed by atoms with E-state index in [1.807, 2.05) is 54.6 Å². The second kappa shape index (κ2) is 57.5. The van der Waals surface area contributed by atoms with Crippen molar-refractivity contribution < 1.29 is 73.6 Å². The Hall–Kier alpha value is -10.5. The third-order valence-electron chi connectivity index (χ3n) is 15.2. The quantitative estimate of drug-likeness (QED) is 0.00517. The van der Waals surface area contributed by atoms with E-state index < -0.39 is 11.9 Å². The number of isothiocyanates is 1. The highest BCUT2D eigenvalue weighted by molar-refractivity contribution is 7.80. The number of amides is 2. The number of hydrazine groups is 1. The van der Waals surface area contributed by atoms with Gasteiger partial charge in [0.25, 0.3) is 0 Å². The molecule has 13 N–H and O–H groups in total. The number of hydrogen-bond donors (Lipinski definition) is 12. The number of aliphatic imine (C=N–C) groups is 1. The van der Waals surface area contributed by atoms with E-state index in [4.69, 9.17) is 127 Å². The van der Waals surface area contributed by atoms with Gasteiger partial charge in [-0.1, -0.05) is 193 Å². The molecule has 0 bridgehead atoms. The number of rotatable bonds is 29. The van der Waals surface area contributed by atoms with Gasteiger partial charge >= 0.3 is 23.9 Å². The summed E-state index contributed by atoms with van der Waals surface area (Å²) < 4.78 is 15.3. The fourth-order valence-electron chi connectivity index (χ4n) is 9.12. The number of nitrogens with zero attached hydrogens (tertiary/aromatic N) is 3. The summed E-state index contributed by atoms with van der Waals surface area (Å²) in [6.45, 7) is 4.02. The Balaban J connectivity index is 0.000000464. The Morgan fingerprint density at radius 1 is 0.461 bits per heavy atom. The number of aliphatic carboxylic acids is 2. The fraction of sp³-hybridized carbons (Fsp3) is 0.250. The smallest absolute Gasteiger partial charge is 0.315 e. The Morgan fingerprint density at radius 2 is 0.817 bits per heavy atom. The van der Waals surface area contributed by atoms with Gasteiger partial charge < -0.3 is 65.6 Å². The molecule has 0 saturated heterocycles. The van der Waals surface area contributed by atoms with Crippen LogP contribution in [-0.4, -0.2) is 106 Å². The molecule has 0 aliphatic carbocycles. The van der Waals surface area contributed by atoms with Gasteiger partial charge in [0, 0.05) is 51.6 Å². The van der Waals surface area contributed by atoms with Crippen molar-refractivity contribution in [3.8, 4) is 34.5 Å². The third kappa shape index (κ3) is 45.2. The number of nitrogens with two attached hydrogens (primary N) is 1. The molecule has 1 aromatic heterocycles. The maximum absolute atomic E-state index is 11.9. The minimum Gasteiger partial charge on any atom is -0.508 e. The molecule has 23 nitrogen and oxygen atoms in total. The molecular formula is C84H94Cl6N8O15S2. The number of carboxylic acids is 2. The largest absolute Gasteiger partial charge is 0.508 e. The minimum absolute atomic E-state index is 0. The molecule has 0 aliphatic heterocycles. The summed E-state index contributed by atoms with van der Waals surface area (Å²) in [6, 6.07) is 57.9. The summed E-state index contributed by atoms with van der Waals surface area (Å²) in [6.07, 6.45) is 5.77. The van der Waals surface area contributed by atoms with Gasteiger partial charge in [-0.15, -0.1) is 5.10 Å². The lowest BCUT2D eigenvalue weighted by molar-refractivity contribution is -0.143. The minimum atomic E-state index is -0.803. The number of anilines is 1. The zero-order valence-corrected chi connectivity index (χ0v) is 67.6. The molecule has 115 heavy (non-hydrogen) atoms. The topological polar surface area (TPSA) is 371 Å². The first-order valence-electron chi connectivity index (χ1n) is 34.7. The lowest BCUT2D eigenvalue weighted by atomic mass is 10.1. The van der Waals surface area contributed by atoms with Crippen molar-refractivity contribution >= 4 is 140 Å². The number of aromatic nitrogens is 2. The number of hydrogen-bond acceptors (Lipinski definition) is 20. The lowest BCUT2D eigenvalue weighted by Gasteiger charge is -2.10. The van der Waals surface area contributed by atoms with Gasteiger partial charge in [0.1, 0.15) is 34.5 Å². The molecule has 614 valence electrons. The van der Waals surface area contributed by atoms with Gasteiger partial charge in [0.15, 0.2) is 0 Å². The molecule has 0 fully saturated rings. The van der Waals surface area contributed by atoms with E-state index in [0.29, 0.717) is 131 Å². The number of esters is 1. The van der Waals surface area contributed by atoms with Crippen molar-refractivity contribution in [1.82, 2.24) is 26.3 Å². The van der Waals surface area contributed by atoms with Crippen LogP contribution in [0, 0.1) is 0 Å². The molecule has 0 radical (unpaired) electrons. The summed E-state index contributed by atoms with van der Waals surface area (Å²) in [5.74, 6) is 5.39. The average molecular weight is 1730 g/mol. The van der Waals surface area contributed by atoms with Crippen molar-refractivity contribution in [3.05, 3.63) is 286 Å². The van der Waals surface area contributed by atoms with Crippen LogP contribution < -0.4 is 32.0 Å². The molecule has 2 amide bonds. The van der Waals surface area contributed by atoms with Crippen molar-refractivity contribution in [2.24, 2.45) is 10.8 Å². The van der Waals surface area contributed by atoms with Crippen molar-refractivity contribution in [2.45, 2.75) is 118 Å². The van der Waals surface area contributed by atoms with Crippen LogP contribution in [0.15, 0.2) is 210 Å². The molecule has 0 saturated carbocycles. The van der Waals surface area contributed by atoms with E-state index in [1.54, 1.807) is 160 Å². The molecule has 10 rings (SSSR count). The third-order valence-corrected chi connectivity index (χ3v) is 17.8. The number of benzene rings is 9. The van der Waals surface area contributed by atoms with Gasteiger partial charge in [-0.25, -0.2) is 10.8 Å². The number of nitrogens with one attached hydrogen (secondary N) is 4. The van der Waals surface area contributed by atoms with E-state index >= 15 is 0 Å². The van der Waals surface area contributed by atoms with Crippen LogP contribution in [-0.2, 0) is 93.3 Å². The predicted octanol–water partition coefficient (Wildman–Crippen LogP) is 18.5. The van der Waals surface area contributed by atoms with E-state index in [2.05, 4.69) is 53.9 Å². The van der Waals surface area contributed by atoms with Crippen LogP contribution in [0.1, 0.15) is 110 Å². The number of ether oxygens (including phenoxy) is 2. The highest BCUT2D eigenvalue weighted by Gasteiger charge is 2.11. The first kappa shape index (κ1) is 101. The first-order chi connectivity index (χ1) is 54.1. The highest BCUT2D eigenvalue weighted by atomic mass is 35.5. The standard InChI is InChI=1S/C18H18Cl2N2O2S.C17H15Cl2N3O2.C11H14O3.C10H12O3.C9H12N2O2.C9H10O3.C8H5Cl2NS.2CH4/c19-15-7-3-13(9-16(15)20)10-22-18(25)11-21-17(24)8-4-12-1-5-14(23)6-2-12;18-14-7-3-12(9-15(14)19)10-20-17-22-21-16(24-17)8-4-11-1-5-13(23)6-2-11;1-2-14-11(13)8-5-9-3-6-10(12)7-4-9;1-13-9-5-2-8(3-6-9)4-7-10(11)12;10-11-9(13)6-3-7-1-4-8(12)5-2-7;10-8-4-1-7(2-5-8)3-6-9(11)12;9-7-2-1-6(3-8(7)10)4-11-5-12;;/h1-3,5-7,9,23H,4,8,10-11H2,(H,21,24)(H,22,25);1-3,5-7,9,23H,4,8,10H2,(H,20,22);3-4,6-7,12H,2,5,8H2,1H3;2-3,5-6H,4,7H2,1H3,(H,11,12);1-2,4-5,12H,3,6,10H2,(H,11,13);1-2,4-5,10H,3,6H2,(H,11,12);1-3H,4H2;2*1H4. The van der Waals surface area contributed by atoms with Crippen LogP contribution >= 0.6 is 94.0 Å². The number of aromatic hydroxyl groups is 5. The number of methoxy groups -OCH3 is 1. The van der Waals surface area contributed by atoms with Gasteiger partial charge in [0.2, 0.25) is 17.7 Å². The number of thiocarbonyl (C=S) groups is 2. The second-order valence-electron chi connectivity index (χ2n) is 23.9. The molecule has 0 aliphatic rings. The number of phenols is 5. The molecule has 0 atom stereocenters. The molecule has 0 unspecified atom stereocenters. The van der Waals surface area contributed by atoms with Crippen LogP contribution in [0.25, 0.3) is 0 Å². The summed E-state index contributed by atoms with van der Waals surface area (Å²) in [7, 11) is 1.60. The summed E-state index contributed by atoms with van der Waals surface area (Å²) in [5.41, 5.74) is 11.0. The highest BCUT2D eigenvalue weighted by Crippen LogP contribution is 2.26. The van der Waals surface area contributed by atoms with E-state index in [0.717, 1.165) is 62.2 Å². The maximum Gasteiger partial charge on any atom is 0.315 e. The molecule has 9 aromatic carbocycles. The van der Waals surface area contributed by atoms with Gasteiger partial charge in [-0.05, 0) is 217 Å². The van der Waals surface area contributed by atoms with Gasteiger partial charge in [0.05, 0.1) is 67.1 Å². The van der Waals surface area contributed by atoms with Crippen molar-refractivity contribution in [2.75, 3.05) is 25.6 Å². The van der Waals surface area contributed by atoms with E-state index in [9.17, 15) is 34.2 Å². The second-order valence-corrected chi connectivity index (χ2v) is 27.0.